The van der Waals surface area contributed by atoms with Crippen molar-refractivity contribution in [2.24, 2.45) is 0 Å². The Kier molecular flexibility index (Phi) is 2.65. The molecule has 1 aromatic carbocycles. The van der Waals surface area contributed by atoms with Crippen LogP contribution in [0.4, 0.5) is 0 Å². The van der Waals surface area contributed by atoms with Crippen LogP contribution in [0.3, 0.4) is 0 Å². The normalized spacial score (nSPS) is 18.1. The molecule has 1 fully saturated rings. The van der Waals surface area contributed by atoms with E-state index in [1.807, 2.05) is 16.8 Å². The lowest BCUT2D eigenvalue weighted by Gasteiger charge is -2.22. The molecular formula is C11H12BrN3O. The van der Waals surface area contributed by atoms with E-state index in [1.165, 1.54) is 0 Å². The molecule has 0 saturated carbocycles. The molecule has 4 nitrogen and oxygen atoms in total. The third kappa shape index (κ3) is 1.74. The largest absolute Gasteiger partial charge is 0.381 e. The Balaban J connectivity index is 2.03. The fourth-order valence-corrected chi connectivity index (χ4v) is 2.46. The van der Waals surface area contributed by atoms with E-state index in [1.54, 1.807) is 0 Å². The second-order valence-corrected chi connectivity index (χ2v) is 4.93. The van der Waals surface area contributed by atoms with Crippen molar-refractivity contribution in [1.29, 1.82) is 0 Å². The smallest absolute Gasteiger partial charge is 0.114 e. The van der Waals surface area contributed by atoms with Gasteiger partial charge in [-0.25, -0.2) is 4.68 Å². The summed E-state index contributed by atoms with van der Waals surface area (Å²) in [5.74, 6) is 0. The van der Waals surface area contributed by atoms with Gasteiger partial charge in [0.25, 0.3) is 0 Å². The maximum atomic E-state index is 5.36. The molecular weight excluding hydrogens is 270 g/mol. The molecule has 0 radical (unpaired) electrons. The minimum Gasteiger partial charge on any atom is -0.381 e. The standard InChI is InChI=1S/C11H12BrN3O/c12-8-1-2-11-10(7-8)13-14-15(11)9-3-5-16-6-4-9/h1-2,7,9H,3-6H2. The average molecular weight is 282 g/mol. The Bertz CT molecular complexity index is 505. The van der Waals surface area contributed by atoms with Gasteiger partial charge in [-0.2, -0.15) is 0 Å². The fourth-order valence-electron chi connectivity index (χ4n) is 2.11. The van der Waals surface area contributed by atoms with Gasteiger partial charge in [-0.1, -0.05) is 21.1 Å². The molecule has 0 N–H and O–H groups in total. The first-order chi connectivity index (χ1) is 7.84. The molecule has 84 valence electrons. The Labute approximate surface area is 102 Å². The van der Waals surface area contributed by atoms with Gasteiger partial charge in [-0.15, -0.1) is 5.10 Å². The van der Waals surface area contributed by atoms with Gasteiger partial charge in [0.1, 0.15) is 5.52 Å². The number of ether oxygens (including phenoxy) is 1. The van der Waals surface area contributed by atoms with E-state index >= 15 is 0 Å². The van der Waals surface area contributed by atoms with Crippen LogP contribution in [-0.4, -0.2) is 28.2 Å². The van der Waals surface area contributed by atoms with E-state index in [9.17, 15) is 0 Å². The summed E-state index contributed by atoms with van der Waals surface area (Å²) >= 11 is 3.44. The van der Waals surface area contributed by atoms with Crippen molar-refractivity contribution in [2.45, 2.75) is 18.9 Å². The highest BCUT2D eigenvalue weighted by Crippen LogP contribution is 2.25. The summed E-state index contributed by atoms with van der Waals surface area (Å²) in [5.41, 5.74) is 2.05. The van der Waals surface area contributed by atoms with E-state index in [4.69, 9.17) is 4.74 Å². The van der Waals surface area contributed by atoms with E-state index in [0.29, 0.717) is 6.04 Å². The third-order valence-corrected chi connectivity index (χ3v) is 3.46. The number of aromatic nitrogens is 3. The van der Waals surface area contributed by atoms with Crippen molar-refractivity contribution in [3.63, 3.8) is 0 Å². The first kappa shape index (κ1) is 10.2. The Morgan fingerprint density at radius 1 is 1.31 bits per heavy atom. The van der Waals surface area contributed by atoms with Crippen LogP contribution in [0.2, 0.25) is 0 Å². The third-order valence-electron chi connectivity index (χ3n) is 2.97. The maximum Gasteiger partial charge on any atom is 0.114 e. The predicted molar refractivity (Wildman–Crippen MR) is 64.3 cm³/mol. The molecule has 3 rings (SSSR count). The molecule has 0 spiro atoms. The summed E-state index contributed by atoms with van der Waals surface area (Å²) in [6, 6.07) is 6.52. The zero-order valence-corrected chi connectivity index (χ0v) is 10.4. The molecule has 16 heavy (non-hydrogen) atoms. The van der Waals surface area contributed by atoms with Crippen molar-refractivity contribution in [3.05, 3.63) is 22.7 Å². The fraction of sp³-hybridized carbons (Fsp3) is 0.455. The molecule has 0 aliphatic carbocycles. The highest BCUT2D eigenvalue weighted by molar-refractivity contribution is 9.10. The van der Waals surface area contributed by atoms with E-state index in [0.717, 1.165) is 41.6 Å². The van der Waals surface area contributed by atoms with Crippen LogP contribution in [0.15, 0.2) is 22.7 Å². The quantitative estimate of drug-likeness (QED) is 0.807. The number of rotatable bonds is 1. The number of benzene rings is 1. The van der Waals surface area contributed by atoms with Crippen LogP contribution in [0.5, 0.6) is 0 Å². The molecule has 1 aromatic heterocycles. The first-order valence-corrected chi connectivity index (χ1v) is 6.22. The Morgan fingerprint density at radius 2 is 2.12 bits per heavy atom. The average Bonchev–Trinajstić information content (AvgIpc) is 2.73. The molecule has 0 bridgehead atoms. The molecule has 1 saturated heterocycles. The molecule has 2 heterocycles. The van der Waals surface area contributed by atoms with Gasteiger partial charge in [0, 0.05) is 17.7 Å². The van der Waals surface area contributed by atoms with Crippen molar-refractivity contribution in [3.8, 4) is 0 Å². The van der Waals surface area contributed by atoms with Crippen LogP contribution in [0.25, 0.3) is 11.0 Å². The summed E-state index contributed by atoms with van der Waals surface area (Å²) in [5, 5.41) is 8.45. The second-order valence-electron chi connectivity index (χ2n) is 4.01. The minimum absolute atomic E-state index is 0.430. The first-order valence-electron chi connectivity index (χ1n) is 5.43. The molecule has 1 aliphatic heterocycles. The SMILES string of the molecule is Brc1ccc2c(c1)nnn2C1CCOCC1. The van der Waals surface area contributed by atoms with Crippen molar-refractivity contribution in [2.75, 3.05) is 13.2 Å². The summed E-state index contributed by atoms with van der Waals surface area (Å²) in [4.78, 5) is 0. The number of nitrogens with zero attached hydrogens (tertiary/aromatic N) is 3. The van der Waals surface area contributed by atoms with Crippen molar-refractivity contribution < 1.29 is 4.74 Å². The highest BCUT2D eigenvalue weighted by atomic mass is 79.9. The minimum atomic E-state index is 0.430. The topological polar surface area (TPSA) is 39.9 Å². The van der Waals surface area contributed by atoms with Gasteiger partial charge in [-0.05, 0) is 31.0 Å². The second kappa shape index (κ2) is 4.14. The molecule has 0 atom stereocenters. The maximum absolute atomic E-state index is 5.36. The van der Waals surface area contributed by atoms with E-state index < -0.39 is 0 Å². The van der Waals surface area contributed by atoms with Crippen LogP contribution >= 0.6 is 15.9 Å². The Morgan fingerprint density at radius 3 is 2.94 bits per heavy atom. The summed E-state index contributed by atoms with van der Waals surface area (Å²) < 4.78 is 8.43. The number of hydrogen-bond donors (Lipinski definition) is 0. The van der Waals surface area contributed by atoms with Crippen LogP contribution in [0, 0.1) is 0 Å². The van der Waals surface area contributed by atoms with Gasteiger partial charge in [0.2, 0.25) is 0 Å². The van der Waals surface area contributed by atoms with Gasteiger partial charge >= 0.3 is 0 Å². The van der Waals surface area contributed by atoms with Crippen molar-refractivity contribution >= 4 is 27.0 Å². The molecule has 5 heteroatoms. The molecule has 0 amide bonds. The lowest BCUT2D eigenvalue weighted by Crippen LogP contribution is -2.20. The zero-order valence-electron chi connectivity index (χ0n) is 8.77. The summed E-state index contributed by atoms with van der Waals surface area (Å²) in [6.07, 6.45) is 2.04. The molecule has 2 aromatic rings. The van der Waals surface area contributed by atoms with Crippen molar-refractivity contribution in [1.82, 2.24) is 15.0 Å². The van der Waals surface area contributed by atoms with E-state index in [-0.39, 0.29) is 0 Å². The predicted octanol–water partition coefficient (Wildman–Crippen LogP) is 2.55. The van der Waals surface area contributed by atoms with Crippen LogP contribution in [-0.2, 0) is 4.74 Å². The van der Waals surface area contributed by atoms with Gasteiger partial charge in [-0.3, -0.25) is 0 Å². The lowest BCUT2D eigenvalue weighted by molar-refractivity contribution is 0.0669. The highest BCUT2D eigenvalue weighted by Gasteiger charge is 2.18. The van der Waals surface area contributed by atoms with Gasteiger partial charge in [0.15, 0.2) is 0 Å². The monoisotopic (exact) mass is 281 g/mol. The summed E-state index contributed by atoms with van der Waals surface area (Å²) in [7, 11) is 0. The van der Waals surface area contributed by atoms with Crippen LogP contribution < -0.4 is 0 Å². The number of hydrogen-bond acceptors (Lipinski definition) is 3. The van der Waals surface area contributed by atoms with Crippen LogP contribution in [0.1, 0.15) is 18.9 Å². The molecule has 0 unspecified atom stereocenters. The zero-order chi connectivity index (χ0) is 11.0. The Hall–Kier alpha value is -0.940. The van der Waals surface area contributed by atoms with Gasteiger partial charge < -0.3 is 4.74 Å². The lowest BCUT2D eigenvalue weighted by atomic mass is 10.1. The van der Waals surface area contributed by atoms with E-state index in [2.05, 4.69) is 32.3 Å². The van der Waals surface area contributed by atoms with Gasteiger partial charge in [0.05, 0.1) is 11.6 Å². The number of halogens is 1. The number of fused-ring (bicyclic) bond motifs is 1. The summed E-state index contributed by atoms with van der Waals surface area (Å²) in [6.45, 7) is 1.64. The molecule has 1 aliphatic rings.